The summed E-state index contributed by atoms with van der Waals surface area (Å²) in [6, 6.07) is 1.87. The molecule has 1 aromatic rings. The highest BCUT2D eigenvalue weighted by Crippen LogP contribution is 2.44. The second kappa shape index (κ2) is 6.07. The number of likely N-dealkylation sites (tertiary alicyclic amines) is 1. The fourth-order valence-corrected chi connectivity index (χ4v) is 3.45. The topological polar surface area (TPSA) is 62.7 Å². The summed E-state index contributed by atoms with van der Waals surface area (Å²) in [6.07, 6.45) is 2.52. The van der Waals surface area contributed by atoms with Crippen molar-refractivity contribution in [2.24, 2.45) is 5.41 Å². The number of aryl methyl sites for hydroxylation is 1. The number of nitrogens with zero attached hydrogens (tertiary/aromatic N) is 2. The van der Waals surface area contributed by atoms with Crippen LogP contribution in [0.2, 0.25) is 0 Å². The van der Waals surface area contributed by atoms with Crippen LogP contribution < -0.4 is 4.74 Å². The first-order valence-electron chi connectivity index (χ1n) is 7.43. The zero-order valence-corrected chi connectivity index (χ0v) is 15.1. The van der Waals surface area contributed by atoms with Crippen molar-refractivity contribution in [2.45, 2.75) is 46.1 Å². The molecule has 0 unspecified atom stereocenters. The zero-order chi connectivity index (χ0) is 16.5. The van der Waals surface area contributed by atoms with Crippen molar-refractivity contribution >= 4 is 22.0 Å². The number of pyridine rings is 1. The molecule has 1 aliphatic rings. The number of carboxylic acid groups (broad SMARTS) is 1. The predicted molar refractivity (Wildman–Crippen MR) is 88.3 cm³/mol. The van der Waals surface area contributed by atoms with Crippen molar-refractivity contribution in [1.82, 2.24) is 9.88 Å². The van der Waals surface area contributed by atoms with Gasteiger partial charge in [-0.3, -0.25) is 9.88 Å². The Bertz CT molecular complexity index is 571. The molecule has 1 saturated heterocycles. The van der Waals surface area contributed by atoms with Gasteiger partial charge in [0.15, 0.2) is 0 Å². The number of carbonyl (C=O) groups is 1. The minimum atomic E-state index is -0.875. The van der Waals surface area contributed by atoms with E-state index in [1.807, 2.05) is 13.0 Å². The van der Waals surface area contributed by atoms with Crippen molar-refractivity contribution in [3.8, 4) is 5.75 Å². The van der Waals surface area contributed by atoms with Crippen LogP contribution >= 0.6 is 15.9 Å². The highest BCUT2D eigenvalue weighted by atomic mass is 79.9. The molecule has 0 spiro atoms. The summed E-state index contributed by atoms with van der Waals surface area (Å²) < 4.78 is 6.86. The fraction of sp³-hybridized carbons (Fsp3) is 0.625. The van der Waals surface area contributed by atoms with Gasteiger partial charge in [0.25, 0.3) is 0 Å². The molecule has 0 aliphatic carbocycles. The van der Waals surface area contributed by atoms with E-state index in [1.165, 1.54) is 0 Å². The van der Waals surface area contributed by atoms with E-state index < -0.39 is 11.6 Å². The van der Waals surface area contributed by atoms with Crippen molar-refractivity contribution in [3.05, 3.63) is 22.4 Å². The van der Waals surface area contributed by atoms with Gasteiger partial charge >= 0.3 is 6.09 Å². The molecule has 1 amide bonds. The summed E-state index contributed by atoms with van der Waals surface area (Å²) in [6.45, 7) is 9.00. The van der Waals surface area contributed by atoms with Gasteiger partial charge < -0.3 is 9.84 Å². The number of aromatic nitrogens is 1. The van der Waals surface area contributed by atoms with Gasteiger partial charge in [-0.2, -0.15) is 0 Å². The lowest BCUT2D eigenvalue weighted by Crippen LogP contribution is -2.58. The molecule has 0 saturated carbocycles. The van der Waals surface area contributed by atoms with Crippen LogP contribution in [-0.2, 0) is 0 Å². The maximum Gasteiger partial charge on any atom is 0.407 e. The predicted octanol–water partition coefficient (Wildman–Crippen LogP) is 4.09. The summed E-state index contributed by atoms with van der Waals surface area (Å²) in [5.41, 5.74) is 0.0650. The normalized spacial score (nSPS) is 22.0. The van der Waals surface area contributed by atoms with Crippen LogP contribution in [0.15, 0.2) is 16.7 Å². The minimum Gasteiger partial charge on any atom is -0.489 e. The van der Waals surface area contributed by atoms with Crippen molar-refractivity contribution in [1.29, 1.82) is 0 Å². The maximum atomic E-state index is 11.6. The molecule has 1 fully saturated rings. The number of ether oxygens (including phenoxy) is 1. The Morgan fingerprint density at radius 3 is 2.82 bits per heavy atom. The van der Waals surface area contributed by atoms with Crippen molar-refractivity contribution < 1.29 is 14.6 Å². The second-order valence-electron chi connectivity index (χ2n) is 6.85. The number of amides is 1. The Balaban J connectivity index is 2.29. The van der Waals surface area contributed by atoms with Gasteiger partial charge in [-0.05, 0) is 47.2 Å². The number of hydrogen-bond donors (Lipinski definition) is 1. The van der Waals surface area contributed by atoms with Crippen LogP contribution in [0.3, 0.4) is 0 Å². The molecule has 1 aliphatic heterocycles. The van der Waals surface area contributed by atoms with E-state index in [0.717, 1.165) is 23.0 Å². The van der Waals surface area contributed by atoms with Gasteiger partial charge in [-0.25, -0.2) is 4.79 Å². The van der Waals surface area contributed by atoms with Gasteiger partial charge in [0, 0.05) is 17.2 Å². The molecule has 22 heavy (non-hydrogen) atoms. The molecular formula is C16H23BrN2O3. The van der Waals surface area contributed by atoms with Crippen molar-refractivity contribution in [2.75, 3.05) is 13.2 Å². The van der Waals surface area contributed by atoms with E-state index in [9.17, 15) is 9.90 Å². The summed E-state index contributed by atoms with van der Waals surface area (Å²) in [7, 11) is 0. The molecular weight excluding hydrogens is 348 g/mol. The molecule has 1 atom stereocenters. The quantitative estimate of drug-likeness (QED) is 0.869. The van der Waals surface area contributed by atoms with E-state index in [0.29, 0.717) is 18.9 Å². The van der Waals surface area contributed by atoms with Crippen LogP contribution in [0.5, 0.6) is 5.75 Å². The van der Waals surface area contributed by atoms with Gasteiger partial charge in [0.1, 0.15) is 12.4 Å². The summed E-state index contributed by atoms with van der Waals surface area (Å²) in [4.78, 5) is 17.5. The monoisotopic (exact) mass is 370 g/mol. The Kier molecular flexibility index (Phi) is 4.70. The Morgan fingerprint density at radius 1 is 1.55 bits per heavy atom. The first-order chi connectivity index (χ1) is 10.2. The average Bonchev–Trinajstić information content (AvgIpc) is 2.85. The van der Waals surface area contributed by atoms with Gasteiger partial charge in [-0.1, -0.05) is 20.8 Å². The zero-order valence-electron chi connectivity index (χ0n) is 13.5. The molecule has 5 nitrogen and oxygen atoms in total. The molecule has 2 heterocycles. The average molecular weight is 371 g/mol. The molecule has 122 valence electrons. The molecule has 6 heteroatoms. The van der Waals surface area contributed by atoms with E-state index in [4.69, 9.17) is 4.74 Å². The number of hydrogen-bond acceptors (Lipinski definition) is 3. The Morgan fingerprint density at radius 2 is 2.23 bits per heavy atom. The lowest BCUT2D eigenvalue weighted by molar-refractivity contribution is -0.00394. The summed E-state index contributed by atoms with van der Waals surface area (Å²) >= 11 is 3.39. The molecule has 1 N–H and O–H groups in total. The first-order valence-corrected chi connectivity index (χ1v) is 8.22. The van der Waals surface area contributed by atoms with Crippen molar-refractivity contribution in [3.63, 3.8) is 0 Å². The maximum absolute atomic E-state index is 11.6. The largest absolute Gasteiger partial charge is 0.489 e. The third-order valence-corrected chi connectivity index (χ3v) is 5.02. The van der Waals surface area contributed by atoms with Crippen LogP contribution in [-0.4, -0.2) is 39.8 Å². The van der Waals surface area contributed by atoms with E-state index in [2.05, 4.69) is 41.7 Å². The lowest BCUT2D eigenvalue weighted by Gasteiger charge is -2.46. The number of halogens is 1. The highest BCUT2D eigenvalue weighted by molar-refractivity contribution is 9.10. The SMILES string of the molecule is Cc1ncc(Br)cc1OC[C@]1(C(C)(C)C)CCCN1C(=O)O. The molecule has 1 aromatic heterocycles. The van der Waals surface area contributed by atoms with Gasteiger partial charge in [0.05, 0.1) is 11.2 Å². The van der Waals surface area contributed by atoms with E-state index in [1.54, 1.807) is 11.1 Å². The standard InChI is InChI=1S/C16H23BrN2O3/c1-11-13(8-12(17)9-18-11)22-10-16(15(2,3)4)6-5-7-19(16)14(20)21/h8-9H,5-7,10H2,1-4H3,(H,20,21)/t16-/m0/s1. The lowest BCUT2D eigenvalue weighted by atomic mass is 9.72. The van der Waals surface area contributed by atoms with Crippen LogP contribution in [0.4, 0.5) is 4.79 Å². The Labute approximate surface area is 139 Å². The van der Waals surface area contributed by atoms with Crippen LogP contribution in [0.1, 0.15) is 39.3 Å². The summed E-state index contributed by atoms with van der Waals surface area (Å²) in [5.74, 6) is 0.690. The third-order valence-electron chi connectivity index (χ3n) is 4.59. The molecule has 2 rings (SSSR count). The smallest absolute Gasteiger partial charge is 0.407 e. The van der Waals surface area contributed by atoms with Crippen LogP contribution in [0.25, 0.3) is 0 Å². The molecule has 0 radical (unpaired) electrons. The fourth-order valence-electron chi connectivity index (χ4n) is 3.14. The first kappa shape index (κ1) is 17.1. The number of rotatable bonds is 3. The third kappa shape index (κ3) is 3.07. The van der Waals surface area contributed by atoms with E-state index in [-0.39, 0.29) is 5.41 Å². The Hall–Kier alpha value is -1.30. The van der Waals surface area contributed by atoms with Crippen LogP contribution in [0, 0.1) is 12.3 Å². The second-order valence-corrected chi connectivity index (χ2v) is 7.76. The summed E-state index contributed by atoms with van der Waals surface area (Å²) in [5, 5.41) is 9.56. The van der Waals surface area contributed by atoms with E-state index >= 15 is 0 Å². The highest BCUT2D eigenvalue weighted by Gasteiger charge is 2.52. The van der Waals surface area contributed by atoms with Gasteiger partial charge in [0.2, 0.25) is 0 Å². The molecule has 0 bridgehead atoms. The molecule has 0 aromatic carbocycles. The minimum absolute atomic E-state index is 0.213. The van der Waals surface area contributed by atoms with Gasteiger partial charge in [-0.15, -0.1) is 0 Å².